The van der Waals surface area contributed by atoms with E-state index in [0.717, 1.165) is 0 Å². The van der Waals surface area contributed by atoms with Crippen LogP contribution in [0, 0.1) is 0 Å². The van der Waals surface area contributed by atoms with Crippen LogP contribution in [-0.4, -0.2) is 26.8 Å². The third kappa shape index (κ3) is 3.36. The fourth-order valence-corrected chi connectivity index (χ4v) is 1.94. The lowest BCUT2D eigenvalue weighted by atomic mass is 10.2. The Bertz CT molecular complexity index is 626. The number of hydrogen-bond donors (Lipinski definition) is 2. The second-order valence-electron chi connectivity index (χ2n) is 4.03. The van der Waals surface area contributed by atoms with E-state index >= 15 is 0 Å². The number of aliphatic carboxylic acids is 1. The molecule has 0 aliphatic rings. The Balaban J connectivity index is 2.22. The topological polar surface area (TPSA) is 84.2 Å². The van der Waals surface area contributed by atoms with E-state index in [1.54, 1.807) is 36.7 Å². The largest absolute Gasteiger partial charge is 0.481 e. The molecule has 20 heavy (non-hydrogen) atoms. The molecule has 2 N–H and O–H groups in total. The summed E-state index contributed by atoms with van der Waals surface area (Å²) in [6, 6.07) is 6.80. The zero-order valence-electron chi connectivity index (χ0n) is 10.4. The number of nitrogens with zero attached hydrogens (tertiary/aromatic N) is 2. The molecule has 0 unspecified atom stereocenters. The van der Waals surface area contributed by atoms with Crippen molar-refractivity contribution < 1.29 is 14.7 Å². The Kier molecular flexibility index (Phi) is 4.37. The number of benzene rings is 1. The molecular weight excluding hydrogens is 282 g/mol. The first-order valence-electron chi connectivity index (χ1n) is 5.88. The van der Waals surface area contributed by atoms with Gasteiger partial charge in [0.2, 0.25) is 5.91 Å². The molecule has 0 bridgehead atoms. The fraction of sp³-hybridized carbons (Fsp3) is 0.154. The minimum atomic E-state index is -1.02. The molecule has 0 aliphatic carbocycles. The number of anilines is 1. The maximum absolute atomic E-state index is 11.7. The summed E-state index contributed by atoms with van der Waals surface area (Å²) in [6.07, 6.45) is 2.98. The van der Waals surface area contributed by atoms with E-state index in [1.807, 2.05) is 0 Å². The number of carboxylic acid groups (broad SMARTS) is 1. The molecule has 1 heterocycles. The summed E-state index contributed by atoms with van der Waals surface area (Å²) in [5.41, 5.74) is 1.03. The molecule has 0 radical (unpaired) electrons. The van der Waals surface area contributed by atoms with Gasteiger partial charge in [0.15, 0.2) is 0 Å². The van der Waals surface area contributed by atoms with Gasteiger partial charge in [-0.3, -0.25) is 9.59 Å². The highest BCUT2D eigenvalue weighted by molar-refractivity contribution is 6.33. The van der Waals surface area contributed by atoms with E-state index in [-0.39, 0.29) is 18.7 Å². The van der Waals surface area contributed by atoms with Crippen molar-refractivity contribution in [1.82, 2.24) is 9.78 Å². The van der Waals surface area contributed by atoms with E-state index < -0.39 is 5.97 Å². The van der Waals surface area contributed by atoms with E-state index in [1.165, 1.54) is 4.68 Å². The minimum Gasteiger partial charge on any atom is -0.481 e. The van der Waals surface area contributed by atoms with Crippen LogP contribution in [0.4, 0.5) is 5.69 Å². The number of carboxylic acids is 1. The molecule has 0 saturated heterocycles. The average molecular weight is 294 g/mol. The fourth-order valence-electron chi connectivity index (χ4n) is 1.68. The predicted molar refractivity (Wildman–Crippen MR) is 74.1 cm³/mol. The normalized spacial score (nSPS) is 10.2. The number of aromatic nitrogens is 2. The predicted octanol–water partition coefficient (Wildman–Crippen LogP) is 2.33. The second kappa shape index (κ2) is 6.21. The van der Waals surface area contributed by atoms with Gasteiger partial charge in [0.1, 0.15) is 5.69 Å². The smallest absolute Gasteiger partial charge is 0.303 e. The second-order valence-corrected chi connectivity index (χ2v) is 4.44. The van der Waals surface area contributed by atoms with Gasteiger partial charge >= 0.3 is 5.97 Å². The van der Waals surface area contributed by atoms with Crippen molar-refractivity contribution in [3.8, 4) is 5.69 Å². The first kappa shape index (κ1) is 14.1. The van der Waals surface area contributed by atoms with Crippen LogP contribution in [-0.2, 0) is 9.59 Å². The molecule has 0 spiro atoms. The maximum atomic E-state index is 11.7. The van der Waals surface area contributed by atoms with Gasteiger partial charge in [-0.2, -0.15) is 5.10 Å². The van der Waals surface area contributed by atoms with Crippen LogP contribution in [0.1, 0.15) is 12.8 Å². The molecule has 104 valence electrons. The zero-order chi connectivity index (χ0) is 14.5. The lowest BCUT2D eigenvalue weighted by molar-refractivity contribution is -0.138. The van der Waals surface area contributed by atoms with Gasteiger partial charge < -0.3 is 10.4 Å². The minimum absolute atomic E-state index is 0.0968. The molecule has 0 saturated carbocycles. The Morgan fingerprint density at radius 1 is 1.30 bits per heavy atom. The molecule has 2 aromatic rings. The summed E-state index contributed by atoms with van der Waals surface area (Å²) in [4.78, 5) is 22.2. The highest BCUT2D eigenvalue weighted by Gasteiger charge is 2.13. The summed E-state index contributed by atoms with van der Waals surface area (Å²) >= 11 is 6.13. The number of para-hydroxylation sites is 1. The number of amides is 1. The zero-order valence-corrected chi connectivity index (χ0v) is 11.2. The Morgan fingerprint density at radius 2 is 2.10 bits per heavy atom. The van der Waals surface area contributed by atoms with Crippen molar-refractivity contribution in [1.29, 1.82) is 0 Å². The number of nitrogens with one attached hydrogen (secondary N) is 1. The monoisotopic (exact) mass is 293 g/mol. The van der Waals surface area contributed by atoms with Crippen LogP contribution < -0.4 is 5.32 Å². The number of carbonyl (C=O) groups is 2. The van der Waals surface area contributed by atoms with Crippen LogP contribution in [0.25, 0.3) is 5.69 Å². The number of rotatable bonds is 5. The molecule has 0 fully saturated rings. The molecule has 2 rings (SSSR count). The first-order chi connectivity index (χ1) is 9.58. The van der Waals surface area contributed by atoms with Crippen molar-refractivity contribution in [3.63, 3.8) is 0 Å². The quantitative estimate of drug-likeness (QED) is 0.886. The highest BCUT2D eigenvalue weighted by Crippen LogP contribution is 2.28. The van der Waals surface area contributed by atoms with Crippen LogP contribution in [0.3, 0.4) is 0 Å². The van der Waals surface area contributed by atoms with E-state index in [2.05, 4.69) is 10.4 Å². The molecule has 0 atom stereocenters. The van der Waals surface area contributed by atoms with Crippen LogP contribution in [0.5, 0.6) is 0 Å². The van der Waals surface area contributed by atoms with Gasteiger partial charge in [-0.15, -0.1) is 0 Å². The van der Waals surface area contributed by atoms with Crippen molar-refractivity contribution in [3.05, 3.63) is 41.7 Å². The maximum Gasteiger partial charge on any atom is 0.303 e. The molecule has 0 aliphatic heterocycles. The summed E-state index contributed by atoms with van der Waals surface area (Å²) in [7, 11) is 0. The van der Waals surface area contributed by atoms with Crippen molar-refractivity contribution in [2.75, 3.05) is 5.32 Å². The van der Waals surface area contributed by atoms with Crippen molar-refractivity contribution >= 4 is 29.2 Å². The third-order valence-electron chi connectivity index (χ3n) is 2.56. The molecular formula is C13H12ClN3O3. The van der Waals surface area contributed by atoms with E-state index in [4.69, 9.17) is 16.7 Å². The third-order valence-corrected chi connectivity index (χ3v) is 2.87. The standard InChI is InChI=1S/C13H12ClN3O3/c14-9-3-1-4-10(13(9)17-8-2-7-15-17)16-11(18)5-6-12(19)20/h1-4,7-8H,5-6H2,(H,16,18)(H,19,20). The van der Waals surface area contributed by atoms with Crippen molar-refractivity contribution in [2.24, 2.45) is 0 Å². The van der Waals surface area contributed by atoms with Gasteiger partial charge in [0.25, 0.3) is 0 Å². The van der Waals surface area contributed by atoms with Gasteiger partial charge in [0.05, 0.1) is 17.1 Å². The van der Waals surface area contributed by atoms with Crippen LogP contribution >= 0.6 is 11.6 Å². The molecule has 6 nitrogen and oxygen atoms in total. The Labute approximate surface area is 120 Å². The average Bonchev–Trinajstić information content (AvgIpc) is 2.90. The summed E-state index contributed by atoms with van der Waals surface area (Å²) in [5.74, 6) is -1.40. The Morgan fingerprint density at radius 3 is 2.75 bits per heavy atom. The summed E-state index contributed by atoms with van der Waals surface area (Å²) < 4.78 is 1.54. The number of hydrogen-bond acceptors (Lipinski definition) is 3. The van der Waals surface area contributed by atoms with Gasteiger partial charge in [-0.05, 0) is 18.2 Å². The lowest BCUT2D eigenvalue weighted by Crippen LogP contribution is -2.15. The van der Waals surface area contributed by atoms with Gasteiger partial charge in [-0.1, -0.05) is 17.7 Å². The number of halogens is 1. The van der Waals surface area contributed by atoms with Crippen LogP contribution in [0.2, 0.25) is 5.02 Å². The van der Waals surface area contributed by atoms with Gasteiger partial charge in [0, 0.05) is 18.8 Å². The SMILES string of the molecule is O=C(O)CCC(=O)Nc1cccc(Cl)c1-n1cccn1. The molecule has 7 heteroatoms. The molecule has 1 aromatic carbocycles. The summed E-state index contributed by atoms with van der Waals surface area (Å²) in [6.45, 7) is 0. The molecule has 1 aromatic heterocycles. The highest BCUT2D eigenvalue weighted by atomic mass is 35.5. The Hall–Kier alpha value is -2.34. The number of carbonyl (C=O) groups excluding carboxylic acids is 1. The molecule has 1 amide bonds. The van der Waals surface area contributed by atoms with E-state index in [0.29, 0.717) is 16.4 Å². The van der Waals surface area contributed by atoms with E-state index in [9.17, 15) is 9.59 Å². The van der Waals surface area contributed by atoms with Crippen LogP contribution in [0.15, 0.2) is 36.7 Å². The lowest BCUT2D eigenvalue weighted by Gasteiger charge is -2.12. The summed E-state index contributed by atoms with van der Waals surface area (Å²) in [5, 5.41) is 15.7. The first-order valence-corrected chi connectivity index (χ1v) is 6.26. The van der Waals surface area contributed by atoms with Crippen molar-refractivity contribution in [2.45, 2.75) is 12.8 Å². The van der Waals surface area contributed by atoms with Gasteiger partial charge in [-0.25, -0.2) is 4.68 Å².